The number of likely N-dealkylation sites (tertiary alicyclic amines) is 1. The molecule has 1 aliphatic rings. The molecular weight excluding hydrogens is 379 g/mol. The number of hydrogen-bond donors (Lipinski definition) is 1. The Kier molecular flexibility index (Phi) is 5.39. The number of aromatic nitrogens is 1. The molecule has 4 rings (SSSR count). The van der Waals surface area contributed by atoms with Gasteiger partial charge in [0, 0.05) is 51.5 Å². The minimum atomic E-state index is -0.423. The summed E-state index contributed by atoms with van der Waals surface area (Å²) in [4.78, 5) is 2.41. The number of aliphatic hydroxyl groups excluding tert-OH is 1. The second kappa shape index (κ2) is 7.63. The van der Waals surface area contributed by atoms with Crippen molar-refractivity contribution in [3.8, 4) is 0 Å². The summed E-state index contributed by atoms with van der Waals surface area (Å²) in [6.07, 6.45) is 0.855. The molecule has 0 amide bonds. The van der Waals surface area contributed by atoms with Crippen LogP contribution in [0.5, 0.6) is 0 Å². The highest BCUT2D eigenvalue weighted by atomic mass is 35.5. The van der Waals surface area contributed by atoms with Gasteiger partial charge in [-0.25, -0.2) is 0 Å². The molecule has 0 bridgehead atoms. The summed E-state index contributed by atoms with van der Waals surface area (Å²) >= 11 is 12.5. The maximum atomic E-state index is 10.9. The zero-order chi connectivity index (χ0) is 19.1. The quantitative estimate of drug-likeness (QED) is 0.626. The summed E-state index contributed by atoms with van der Waals surface area (Å²) in [5.41, 5.74) is 2.16. The van der Waals surface area contributed by atoms with Crippen molar-refractivity contribution in [2.75, 3.05) is 19.6 Å². The lowest BCUT2D eigenvalue weighted by atomic mass is 9.92. The minimum absolute atomic E-state index is 0.423. The van der Waals surface area contributed by atoms with Crippen LogP contribution in [-0.4, -0.2) is 40.3 Å². The third-order valence-corrected chi connectivity index (χ3v) is 6.07. The molecule has 1 N–H and O–H groups in total. The van der Waals surface area contributed by atoms with Crippen LogP contribution in [0.15, 0.2) is 36.4 Å². The number of nitrogens with zero attached hydrogens (tertiary/aromatic N) is 2. The van der Waals surface area contributed by atoms with Gasteiger partial charge in [-0.2, -0.15) is 0 Å². The zero-order valence-corrected chi connectivity index (χ0v) is 17.3. The highest BCUT2D eigenvalue weighted by molar-refractivity contribution is 6.33. The highest BCUT2D eigenvalue weighted by Gasteiger charge is 2.24. The van der Waals surface area contributed by atoms with Crippen molar-refractivity contribution in [1.82, 2.24) is 9.47 Å². The molecule has 27 heavy (non-hydrogen) atoms. The lowest BCUT2D eigenvalue weighted by Crippen LogP contribution is -2.43. The standard InChI is InChI=1S/C22H26Cl2N2O/c1-14-7-15(2)11-25(10-14)12-18(27)13-26-21-5-3-16(23)8-19(21)20-9-17(24)4-6-22(20)26/h3-6,8-9,14-15,18,27H,7,10-13H2,1-2H3/t14-,15-,18-/m1/s1. The Balaban J connectivity index is 1.64. The fourth-order valence-electron chi connectivity index (χ4n) is 4.75. The van der Waals surface area contributed by atoms with E-state index in [4.69, 9.17) is 23.2 Å². The van der Waals surface area contributed by atoms with E-state index in [1.54, 1.807) is 0 Å². The predicted octanol–water partition coefficient (Wildman–Crippen LogP) is 5.44. The number of fused-ring (bicyclic) bond motifs is 3. The summed E-state index contributed by atoms with van der Waals surface area (Å²) < 4.78 is 2.19. The van der Waals surface area contributed by atoms with Crippen molar-refractivity contribution in [2.24, 2.45) is 11.8 Å². The van der Waals surface area contributed by atoms with Gasteiger partial charge in [0.05, 0.1) is 12.6 Å². The third-order valence-electron chi connectivity index (χ3n) is 5.60. The van der Waals surface area contributed by atoms with Crippen molar-refractivity contribution in [1.29, 1.82) is 0 Å². The topological polar surface area (TPSA) is 28.4 Å². The minimum Gasteiger partial charge on any atom is -0.390 e. The Bertz CT molecular complexity index is 899. The van der Waals surface area contributed by atoms with Gasteiger partial charge in [-0.1, -0.05) is 37.0 Å². The van der Waals surface area contributed by atoms with Crippen LogP contribution in [0.3, 0.4) is 0 Å². The van der Waals surface area contributed by atoms with E-state index in [0.29, 0.717) is 35.0 Å². The van der Waals surface area contributed by atoms with E-state index < -0.39 is 6.10 Å². The second-order valence-corrected chi connectivity index (χ2v) is 9.12. The van der Waals surface area contributed by atoms with Crippen LogP contribution in [-0.2, 0) is 6.54 Å². The molecule has 3 atom stereocenters. The van der Waals surface area contributed by atoms with Crippen molar-refractivity contribution >= 4 is 45.0 Å². The number of hydrogen-bond acceptors (Lipinski definition) is 2. The predicted molar refractivity (Wildman–Crippen MR) is 115 cm³/mol. The van der Waals surface area contributed by atoms with Crippen molar-refractivity contribution in [3.63, 3.8) is 0 Å². The smallest absolute Gasteiger partial charge is 0.0845 e. The van der Waals surface area contributed by atoms with Crippen LogP contribution in [0.2, 0.25) is 10.0 Å². The Morgan fingerprint density at radius 2 is 1.44 bits per heavy atom. The van der Waals surface area contributed by atoms with Gasteiger partial charge in [0.15, 0.2) is 0 Å². The number of piperidine rings is 1. The van der Waals surface area contributed by atoms with E-state index in [1.807, 2.05) is 36.4 Å². The van der Waals surface area contributed by atoms with Gasteiger partial charge in [0.25, 0.3) is 0 Å². The Morgan fingerprint density at radius 1 is 0.926 bits per heavy atom. The van der Waals surface area contributed by atoms with Crippen LogP contribution < -0.4 is 0 Å². The van der Waals surface area contributed by atoms with Gasteiger partial charge in [0.1, 0.15) is 0 Å². The molecule has 3 aromatic rings. The van der Waals surface area contributed by atoms with Crippen LogP contribution in [0.1, 0.15) is 20.3 Å². The summed E-state index contributed by atoms with van der Waals surface area (Å²) in [7, 11) is 0. The summed E-state index contributed by atoms with van der Waals surface area (Å²) in [6.45, 7) is 8.00. The van der Waals surface area contributed by atoms with Crippen LogP contribution in [0.25, 0.3) is 21.8 Å². The lowest BCUT2D eigenvalue weighted by Gasteiger charge is -2.36. The highest BCUT2D eigenvalue weighted by Crippen LogP contribution is 2.33. The lowest BCUT2D eigenvalue weighted by molar-refractivity contribution is 0.0626. The van der Waals surface area contributed by atoms with E-state index in [-0.39, 0.29) is 0 Å². The monoisotopic (exact) mass is 404 g/mol. The van der Waals surface area contributed by atoms with Gasteiger partial charge in [0.2, 0.25) is 0 Å². The first-order valence-corrected chi connectivity index (χ1v) is 10.4. The molecule has 0 spiro atoms. The van der Waals surface area contributed by atoms with E-state index in [0.717, 1.165) is 34.9 Å². The molecule has 2 heterocycles. The van der Waals surface area contributed by atoms with Gasteiger partial charge in [-0.3, -0.25) is 0 Å². The summed E-state index contributed by atoms with van der Waals surface area (Å²) in [5, 5.41) is 14.4. The van der Waals surface area contributed by atoms with Crippen molar-refractivity contribution in [2.45, 2.75) is 32.9 Å². The van der Waals surface area contributed by atoms with E-state index >= 15 is 0 Å². The van der Waals surface area contributed by atoms with Crippen LogP contribution >= 0.6 is 23.2 Å². The molecule has 0 aliphatic carbocycles. The molecule has 144 valence electrons. The first-order valence-electron chi connectivity index (χ1n) is 9.68. The first kappa shape index (κ1) is 19.1. The summed E-state index contributed by atoms with van der Waals surface area (Å²) in [6, 6.07) is 11.8. The van der Waals surface area contributed by atoms with Crippen LogP contribution in [0.4, 0.5) is 0 Å². The number of rotatable bonds is 4. The molecule has 1 aliphatic heterocycles. The molecular formula is C22H26Cl2N2O. The largest absolute Gasteiger partial charge is 0.390 e. The maximum absolute atomic E-state index is 10.9. The number of β-amino-alcohol motifs (C(OH)–C–C–N with tert-alkyl or cyclic N) is 1. The fourth-order valence-corrected chi connectivity index (χ4v) is 5.10. The normalized spacial score (nSPS) is 22.6. The van der Waals surface area contributed by atoms with Crippen molar-refractivity contribution in [3.05, 3.63) is 46.4 Å². The Morgan fingerprint density at radius 3 is 1.96 bits per heavy atom. The maximum Gasteiger partial charge on any atom is 0.0845 e. The van der Waals surface area contributed by atoms with E-state index in [1.165, 1.54) is 6.42 Å². The molecule has 1 aromatic heterocycles. The fraction of sp³-hybridized carbons (Fsp3) is 0.455. The molecule has 0 radical (unpaired) electrons. The number of halogens is 2. The van der Waals surface area contributed by atoms with E-state index in [9.17, 15) is 5.11 Å². The SMILES string of the molecule is C[C@@H]1C[C@@H](C)CN(C[C@@H](O)Cn2c3ccc(Cl)cc3c3cc(Cl)ccc32)C1. The Hall–Kier alpha value is -1.26. The number of aliphatic hydroxyl groups is 1. The molecule has 1 fully saturated rings. The molecule has 5 heteroatoms. The van der Waals surface area contributed by atoms with Gasteiger partial charge in [-0.05, 0) is 54.7 Å². The number of benzene rings is 2. The molecule has 2 aromatic carbocycles. The molecule has 0 unspecified atom stereocenters. The second-order valence-electron chi connectivity index (χ2n) is 8.25. The van der Waals surface area contributed by atoms with Gasteiger partial charge >= 0.3 is 0 Å². The van der Waals surface area contributed by atoms with Crippen molar-refractivity contribution < 1.29 is 5.11 Å². The molecule has 1 saturated heterocycles. The van der Waals surface area contributed by atoms with Gasteiger partial charge < -0.3 is 14.6 Å². The van der Waals surface area contributed by atoms with E-state index in [2.05, 4.69) is 23.3 Å². The average molecular weight is 405 g/mol. The molecule has 3 nitrogen and oxygen atoms in total. The first-order chi connectivity index (χ1) is 12.9. The Labute approximate surface area is 170 Å². The summed E-state index contributed by atoms with van der Waals surface area (Å²) in [5.74, 6) is 1.39. The third kappa shape index (κ3) is 3.97. The van der Waals surface area contributed by atoms with Crippen LogP contribution in [0, 0.1) is 11.8 Å². The molecule has 0 saturated carbocycles. The average Bonchev–Trinajstić information content (AvgIpc) is 2.86. The zero-order valence-electron chi connectivity index (χ0n) is 15.8. The van der Waals surface area contributed by atoms with Gasteiger partial charge in [-0.15, -0.1) is 0 Å².